The number of rotatable bonds is 17. The van der Waals surface area contributed by atoms with Crippen molar-refractivity contribution in [1.82, 2.24) is 0 Å². The lowest BCUT2D eigenvalue weighted by atomic mass is 10.3. The lowest BCUT2D eigenvalue weighted by Crippen LogP contribution is -3.00. The van der Waals surface area contributed by atoms with E-state index in [0.717, 1.165) is 11.6 Å². The Labute approximate surface area is 249 Å². The van der Waals surface area contributed by atoms with Gasteiger partial charge < -0.3 is 41.4 Å². The molecule has 1 aliphatic heterocycles. The molecule has 0 saturated heterocycles. The molecule has 11 heteroatoms. The Kier molecular flexibility index (Phi) is 13.9. The molecule has 0 unspecified atom stereocenters. The Bertz CT molecular complexity index is 1280. The molecule has 0 amide bonds. The maximum Gasteiger partial charge on any atom is 0.305 e. The molecule has 0 fully saturated rings. The number of fused-ring (bicyclic) bond motifs is 2. The number of allylic oxidation sites excluding steroid dienone is 2. The van der Waals surface area contributed by atoms with E-state index in [0.29, 0.717) is 46.2 Å². The fraction of sp³-hybridized carbons (Fsp3) is 0.379. The van der Waals surface area contributed by atoms with Crippen LogP contribution in [0.3, 0.4) is 0 Å². The van der Waals surface area contributed by atoms with Gasteiger partial charge in [-0.25, -0.2) is 0 Å². The van der Waals surface area contributed by atoms with Crippen LogP contribution >= 0.6 is 23.1 Å². The molecule has 0 saturated carbocycles. The summed E-state index contributed by atoms with van der Waals surface area (Å²) in [6.45, 7) is 4.85. The number of carboxylic acid groups (broad SMARTS) is 1. The zero-order valence-electron chi connectivity index (χ0n) is 22.5. The molecular formula is C29H35ClN2O6S2. The number of carbonyl (C=O) groups is 1. The molecule has 3 aromatic rings. The summed E-state index contributed by atoms with van der Waals surface area (Å²) in [4.78, 5) is 14.1. The lowest BCUT2D eigenvalue weighted by Gasteiger charge is -2.20. The SMILES string of the molecule is COCCOCC[n+]1c(/C=C/C=C2\Sc3ccccc3N2CCOCCOCCC(=O)O)sc2ccccc21.[Cl-]. The molecule has 0 bridgehead atoms. The van der Waals surface area contributed by atoms with Gasteiger partial charge in [-0.05, 0) is 24.3 Å². The van der Waals surface area contributed by atoms with Gasteiger partial charge in [0, 0.05) is 30.7 Å². The molecule has 1 aliphatic rings. The first-order valence-corrected chi connectivity index (χ1v) is 14.6. The van der Waals surface area contributed by atoms with E-state index in [1.54, 1.807) is 30.2 Å². The smallest absolute Gasteiger partial charge is 0.305 e. The van der Waals surface area contributed by atoms with E-state index >= 15 is 0 Å². The Morgan fingerprint density at radius 1 is 0.950 bits per heavy atom. The van der Waals surface area contributed by atoms with Crippen LogP contribution in [0, 0.1) is 0 Å². The number of hydrogen-bond acceptors (Lipinski definition) is 8. The summed E-state index contributed by atoms with van der Waals surface area (Å²) in [6, 6.07) is 16.8. The van der Waals surface area contributed by atoms with Crippen LogP contribution in [0.2, 0.25) is 0 Å². The highest BCUT2D eigenvalue weighted by atomic mass is 35.5. The van der Waals surface area contributed by atoms with Gasteiger partial charge in [0.1, 0.15) is 11.3 Å². The van der Waals surface area contributed by atoms with Crippen LogP contribution in [0.1, 0.15) is 11.4 Å². The molecule has 0 atom stereocenters. The largest absolute Gasteiger partial charge is 1.00 e. The number of nitrogens with zero attached hydrogens (tertiary/aromatic N) is 2. The van der Waals surface area contributed by atoms with Crippen molar-refractivity contribution in [2.75, 3.05) is 64.8 Å². The minimum atomic E-state index is -0.858. The first-order valence-electron chi connectivity index (χ1n) is 13.0. The van der Waals surface area contributed by atoms with Crippen LogP contribution in [-0.2, 0) is 30.3 Å². The molecule has 0 radical (unpaired) electrons. The van der Waals surface area contributed by atoms with E-state index in [1.807, 2.05) is 0 Å². The number of para-hydroxylation sites is 2. The molecule has 8 nitrogen and oxygen atoms in total. The number of aromatic nitrogens is 1. The van der Waals surface area contributed by atoms with Gasteiger partial charge in [-0.2, -0.15) is 4.57 Å². The molecule has 2 aromatic carbocycles. The number of anilines is 1. The maximum atomic E-state index is 10.6. The van der Waals surface area contributed by atoms with Crippen LogP contribution in [0.5, 0.6) is 0 Å². The molecule has 40 heavy (non-hydrogen) atoms. The third-order valence-electron chi connectivity index (χ3n) is 5.93. The van der Waals surface area contributed by atoms with Crippen molar-refractivity contribution >= 4 is 51.0 Å². The molecule has 0 aliphatic carbocycles. The fourth-order valence-corrected chi connectivity index (χ4v) is 6.27. The second kappa shape index (κ2) is 17.4. The Balaban J connectivity index is 0.00000441. The second-order valence-electron chi connectivity index (χ2n) is 8.62. The number of halogens is 1. The lowest BCUT2D eigenvalue weighted by molar-refractivity contribution is -0.670. The first kappa shape index (κ1) is 32.1. The highest BCUT2D eigenvalue weighted by Crippen LogP contribution is 2.45. The molecule has 0 spiro atoms. The third kappa shape index (κ3) is 9.31. The Morgan fingerprint density at radius 3 is 2.50 bits per heavy atom. The summed E-state index contributed by atoms with van der Waals surface area (Å²) < 4.78 is 25.4. The van der Waals surface area contributed by atoms with Crippen LogP contribution in [-0.4, -0.2) is 71.0 Å². The summed E-state index contributed by atoms with van der Waals surface area (Å²) in [5.74, 6) is -0.858. The van der Waals surface area contributed by atoms with Gasteiger partial charge in [0.05, 0.1) is 56.8 Å². The van der Waals surface area contributed by atoms with E-state index in [2.05, 4.69) is 76.2 Å². The molecule has 1 aromatic heterocycles. The number of thioether (sulfide) groups is 1. The van der Waals surface area contributed by atoms with Gasteiger partial charge >= 0.3 is 5.97 Å². The van der Waals surface area contributed by atoms with Crippen molar-refractivity contribution in [3.8, 4) is 0 Å². The van der Waals surface area contributed by atoms with Crippen LogP contribution in [0.25, 0.3) is 16.3 Å². The normalized spacial score (nSPS) is 13.8. The highest BCUT2D eigenvalue weighted by molar-refractivity contribution is 8.03. The number of ether oxygens (including phenoxy) is 4. The monoisotopic (exact) mass is 606 g/mol. The van der Waals surface area contributed by atoms with Gasteiger partial charge in [0.2, 0.25) is 5.52 Å². The Morgan fingerprint density at radius 2 is 1.68 bits per heavy atom. The summed E-state index contributed by atoms with van der Waals surface area (Å²) in [5, 5.41) is 11.0. The predicted octanol–water partition coefficient (Wildman–Crippen LogP) is 1.83. The number of hydrogen-bond donors (Lipinski definition) is 1. The Hall–Kier alpha value is -2.44. The quantitative estimate of drug-likeness (QED) is 0.184. The van der Waals surface area contributed by atoms with Crippen molar-refractivity contribution in [1.29, 1.82) is 0 Å². The summed E-state index contributed by atoms with van der Waals surface area (Å²) in [5.41, 5.74) is 2.38. The van der Waals surface area contributed by atoms with Gasteiger partial charge in [-0.15, -0.1) is 0 Å². The number of benzene rings is 2. The zero-order chi connectivity index (χ0) is 27.3. The average Bonchev–Trinajstić information content (AvgIpc) is 3.47. The van der Waals surface area contributed by atoms with Crippen LogP contribution < -0.4 is 21.9 Å². The molecule has 2 heterocycles. The van der Waals surface area contributed by atoms with Gasteiger partial charge in [0.15, 0.2) is 6.54 Å². The first-order chi connectivity index (χ1) is 19.2. The number of thiazole rings is 1. The predicted molar refractivity (Wildman–Crippen MR) is 155 cm³/mol. The number of aliphatic carboxylic acids is 1. The maximum absolute atomic E-state index is 10.6. The standard InChI is InChI=1S/C29H34N2O6S2.ClH/c1-34-19-20-36-17-14-30-23-7-2-4-9-25(23)38-27(30)11-6-12-28-31(24-8-3-5-10-26(24)39-28)15-18-37-22-21-35-16-13-29(32)33;/h2-12H,13-22H2,1H3;1H. The molecular weight excluding hydrogens is 572 g/mol. The molecule has 4 rings (SSSR count). The molecule has 216 valence electrons. The van der Waals surface area contributed by atoms with E-state index < -0.39 is 5.97 Å². The van der Waals surface area contributed by atoms with Crippen LogP contribution in [0.15, 0.2) is 70.6 Å². The van der Waals surface area contributed by atoms with E-state index in [9.17, 15) is 4.79 Å². The number of methoxy groups -OCH3 is 1. The van der Waals surface area contributed by atoms with E-state index in [1.165, 1.54) is 25.8 Å². The van der Waals surface area contributed by atoms with Crippen molar-refractivity contribution in [2.24, 2.45) is 0 Å². The minimum Gasteiger partial charge on any atom is -1.00 e. The topological polar surface area (TPSA) is 81.3 Å². The van der Waals surface area contributed by atoms with E-state index in [4.69, 9.17) is 24.1 Å². The summed E-state index contributed by atoms with van der Waals surface area (Å²) in [7, 11) is 1.68. The number of carboxylic acids is 1. The van der Waals surface area contributed by atoms with Crippen molar-refractivity contribution in [2.45, 2.75) is 17.9 Å². The summed E-state index contributed by atoms with van der Waals surface area (Å²) >= 11 is 3.52. The van der Waals surface area contributed by atoms with Crippen molar-refractivity contribution in [3.63, 3.8) is 0 Å². The fourth-order valence-electron chi connectivity index (χ4n) is 4.07. The van der Waals surface area contributed by atoms with Gasteiger partial charge in [0.25, 0.3) is 5.01 Å². The average molecular weight is 607 g/mol. The van der Waals surface area contributed by atoms with E-state index in [-0.39, 0.29) is 25.4 Å². The molecule has 1 N–H and O–H groups in total. The van der Waals surface area contributed by atoms with Gasteiger partial charge in [-0.1, -0.05) is 53.4 Å². The van der Waals surface area contributed by atoms with Crippen molar-refractivity contribution in [3.05, 3.63) is 70.7 Å². The summed E-state index contributed by atoms with van der Waals surface area (Å²) in [6.07, 6.45) is 6.45. The minimum absolute atomic E-state index is 0. The van der Waals surface area contributed by atoms with Crippen molar-refractivity contribution < 1.29 is 45.8 Å². The second-order valence-corrected chi connectivity index (χ2v) is 10.7. The van der Waals surface area contributed by atoms with Gasteiger partial charge in [-0.3, -0.25) is 4.79 Å². The van der Waals surface area contributed by atoms with Crippen LogP contribution in [0.4, 0.5) is 5.69 Å². The highest BCUT2D eigenvalue weighted by Gasteiger charge is 2.24. The zero-order valence-corrected chi connectivity index (χ0v) is 24.9. The third-order valence-corrected chi connectivity index (χ3v) is 8.19.